The second-order valence-electron chi connectivity index (χ2n) is 2.67. The molecule has 5 nitrogen and oxygen atoms in total. The van der Waals surface area contributed by atoms with E-state index in [4.69, 9.17) is 14.9 Å². The van der Waals surface area contributed by atoms with Gasteiger partial charge in [-0.3, -0.25) is 0 Å². The molecule has 1 saturated heterocycles. The van der Waals surface area contributed by atoms with Crippen LogP contribution in [-0.4, -0.2) is 56.5 Å². The van der Waals surface area contributed by atoms with Crippen LogP contribution >= 0.6 is 15.9 Å². The highest BCUT2D eigenvalue weighted by molar-refractivity contribution is 9.09. The lowest BCUT2D eigenvalue weighted by Crippen LogP contribution is -2.56. The van der Waals surface area contributed by atoms with Gasteiger partial charge in [-0.25, -0.2) is 0 Å². The molecule has 0 saturated carbocycles. The first-order valence-electron chi connectivity index (χ1n) is 3.52. The van der Waals surface area contributed by atoms with Crippen molar-refractivity contribution >= 4 is 15.9 Å². The zero-order valence-corrected chi connectivity index (χ0v) is 7.75. The van der Waals surface area contributed by atoms with E-state index >= 15 is 0 Å². The van der Waals surface area contributed by atoms with E-state index in [9.17, 15) is 10.2 Å². The van der Waals surface area contributed by atoms with Gasteiger partial charge in [0.15, 0.2) is 6.29 Å². The summed E-state index contributed by atoms with van der Waals surface area (Å²) in [5, 5.41) is 36.3. The topological polar surface area (TPSA) is 90.2 Å². The minimum Gasteiger partial charge on any atom is -0.394 e. The Kier molecular flexibility index (Phi) is 3.45. The maximum Gasteiger partial charge on any atom is 0.170 e. The number of halogens is 1. The lowest BCUT2D eigenvalue weighted by molar-refractivity contribution is -0.233. The average molecular weight is 243 g/mol. The Bertz CT molecular complexity index is 150. The Balaban J connectivity index is 2.63. The minimum absolute atomic E-state index is 0.436. The van der Waals surface area contributed by atoms with E-state index in [1.54, 1.807) is 0 Å². The van der Waals surface area contributed by atoms with Crippen LogP contribution in [0.1, 0.15) is 0 Å². The molecule has 6 heteroatoms. The van der Waals surface area contributed by atoms with Crippen LogP contribution in [0, 0.1) is 0 Å². The molecule has 0 aromatic heterocycles. The third-order valence-electron chi connectivity index (χ3n) is 1.82. The van der Waals surface area contributed by atoms with Crippen LogP contribution in [0.3, 0.4) is 0 Å². The van der Waals surface area contributed by atoms with Crippen molar-refractivity contribution in [2.45, 2.75) is 29.4 Å². The first kappa shape index (κ1) is 10.4. The minimum atomic E-state index is -1.21. The predicted molar refractivity (Wildman–Crippen MR) is 42.7 cm³/mol. The second kappa shape index (κ2) is 3.99. The Morgan fingerprint density at radius 2 is 1.75 bits per heavy atom. The molecule has 4 N–H and O–H groups in total. The molecule has 0 radical (unpaired) electrons. The van der Waals surface area contributed by atoms with Gasteiger partial charge in [0.05, 0.1) is 17.5 Å². The molecule has 1 heterocycles. The summed E-state index contributed by atoms with van der Waals surface area (Å²) in [6.07, 6.45) is -4.45. The van der Waals surface area contributed by atoms with Crippen molar-refractivity contribution in [3.63, 3.8) is 0 Å². The third kappa shape index (κ3) is 1.78. The van der Waals surface area contributed by atoms with Crippen molar-refractivity contribution in [3.05, 3.63) is 0 Å². The van der Waals surface area contributed by atoms with Crippen molar-refractivity contribution in [1.29, 1.82) is 0 Å². The fourth-order valence-electron chi connectivity index (χ4n) is 1.06. The van der Waals surface area contributed by atoms with E-state index in [1.807, 2.05) is 0 Å². The summed E-state index contributed by atoms with van der Waals surface area (Å²) in [5.74, 6) is 0. The lowest BCUT2D eigenvalue weighted by atomic mass is 10.0. The van der Waals surface area contributed by atoms with Crippen LogP contribution < -0.4 is 0 Å². The Morgan fingerprint density at radius 3 is 2.25 bits per heavy atom. The summed E-state index contributed by atoms with van der Waals surface area (Å²) < 4.78 is 4.78. The number of hydrogen-bond acceptors (Lipinski definition) is 5. The number of aliphatic hydroxyl groups excluding tert-OH is 4. The predicted octanol–water partition coefficient (Wildman–Crippen LogP) is -1.82. The number of ether oxygens (including phenoxy) is 1. The molecule has 0 aromatic rings. The van der Waals surface area contributed by atoms with Crippen molar-refractivity contribution in [3.8, 4) is 0 Å². The van der Waals surface area contributed by atoms with Gasteiger partial charge < -0.3 is 25.2 Å². The van der Waals surface area contributed by atoms with Gasteiger partial charge in [-0.15, -0.1) is 0 Å². The Labute approximate surface area is 77.7 Å². The van der Waals surface area contributed by atoms with E-state index in [-0.39, 0.29) is 0 Å². The fourth-order valence-corrected chi connectivity index (χ4v) is 1.50. The summed E-state index contributed by atoms with van der Waals surface area (Å²) in [5.41, 5.74) is 0. The van der Waals surface area contributed by atoms with Gasteiger partial charge >= 0.3 is 0 Å². The lowest BCUT2D eigenvalue weighted by Gasteiger charge is -2.37. The first-order valence-corrected chi connectivity index (χ1v) is 4.44. The van der Waals surface area contributed by atoms with Crippen molar-refractivity contribution < 1.29 is 25.2 Å². The van der Waals surface area contributed by atoms with Gasteiger partial charge in [0.25, 0.3) is 0 Å². The molecule has 0 spiro atoms. The summed E-state index contributed by atoms with van der Waals surface area (Å²) in [6, 6.07) is 0. The van der Waals surface area contributed by atoms with E-state index in [0.29, 0.717) is 0 Å². The molecule has 72 valence electrons. The molecule has 1 aliphatic rings. The maximum atomic E-state index is 9.27. The van der Waals surface area contributed by atoms with Gasteiger partial charge in [-0.1, -0.05) is 15.9 Å². The summed E-state index contributed by atoms with van der Waals surface area (Å²) in [4.78, 5) is -0.727. The molecule has 12 heavy (non-hydrogen) atoms. The smallest absolute Gasteiger partial charge is 0.170 e. The van der Waals surface area contributed by atoms with Crippen molar-refractivity contribution in [2.24, 2.45) is 0 Å². The molecule has 1 aliphatic heterocycles. The van der Waals surface area contributed by atoms with Crippen molar-refractivity contribution in [2.75, 3.05) is 6.61 Å². The standard InChI is InChI=1S/C6H11BrO5/c7-3-5(10)4(9)2(1-8)12-6(3)11/h2-6,8-11H,1H2/t2-,3+,4+,5-,6+/m0/s1. The molecule has 1 fully saturated rings. The zero-order chi connectivity index (χ0) is 9.30. The maximum absolute atomic E-state index is 9.27. The number of alkyl halides is 1. The normalized spacial score (nSPS) is 49.2. The molecule has 0 bridgehead atoms. The highest BCUT2D eigenvalue weighted by Gasteiger charge is 2.42. The third-order valence-corrected chi connectivity index (χ3v) is 2.82. The molecular formula is C6H11BrO5. The average Bonchev–Trinajstić information content (AvgIpc) is 2.08. The van der Waals surface area contributed by atoms with Gasteiger partial charge in [-0.05, 0) is 0 Å². The van der Waals surface area contributed by atoms with Gasteiger partial charge in [0.1, 0.15) is 12.2 Å². The monoisotopic (exact) mass is 242 g/mol. The van der Waals surface area contributed by atoms with Gasteiger partial charge in [-0.2, -0.15) is 0 Å². The van der Waals surface area contributed by atoms with Crippen LogP contribution in [0.15, 0.2) is 0 Å². The molecule has 0 aromatic carbocycles. The number of aliphatic hydroxyl groups is 4. The van der Waals surface area contributed by atoms with Gasteiger partial charge in [0.2, 0.25) is 0 Å². The highest BCUT2D eigenvalue weighted by Crippen LogP contribution is 2.24. The SMILES string of the molecule is OC[C@@H]1O[C@@H](O)[C@H](Br)[C@H](O)[C@@H]1O. The van der Waals surface area contributed by atoms with Crippen molar-refractivity contribution in [1.82, 2.24) is 0 Å². The largest absolute Gasteiger partial charge is 0.394 e. The van der Waals surface area contributed by atoms with E-state index in [1.165, 1.54) is 0 Å². The summed E-state index contributed by atoms with van der Waals surface area (Å²) in [7, 11) is 0. The number of rotatable bonds is 1. The van der Waals surface area contributed by atoms with E-state index in [2.05, 4.69) is 15.9 Å². The van der Waals surface area contributed by atoms with Crippen LogP contribution in [0.5, 0.6) is 0 Å². The Hall–Kier alpha value is 0.280. The molecule has 0 unspecified atom stereocenters. The van der Waals surface area contributed by atoms with Crippen LogP contribution in [0.2, 0.25) is 0 Å². The van der Waals surface area contributed by atoms with Gasteiger partial charge in [0, 0.05) is 0 Å². The fraction of sp³-hybridized carbons (Fsp3) is 1.00. The molecule has 5 atom stereocenters. The first-order chi connectivity index (χ1) is 5.57. The molecule has 0 aliphatic carbocycles. The molecular weight excluding hydrogens is 232 g/mol. The van der Waals surface area contributed by atoms with E-state index < -0.39 is 36.0 Å². The zero-order valence-electron chi connectivity index (χ0n) is 6.17. The molecule has 0 amide bonds. The van der Waals surface area contributed by atoms with Crippen LogP contribution in [0.4, 0.5) is 0 Å². The van der Waals surface area contributed by atoms with E-state index in [0.717, 1.165) is 0 Å². The number of hydrogen-bond donors (Lipinski definition) is 4. The quantitative estimate of drug-likeness (QED) is 0.407. The summed E-state index contributed by atoms with van der Waals surface area (Å²) in [6.45, 7) is -0.436. The van der Waals surface area contributed by atoms with Crippen LogP contribution in [0.25, 0.3) is 0 Å². The van der Waals surface area contributed by atoms with Crippen LogP contribution in [-0.2, 0) is 4.74 Å². The molecule has 1 rings (SSSR count). The highest BCUT2D eigenvalue weighted by atomic mass is 79.9. The summed E-state index contributed by atoms with van der Waals surface area (Å²) >= 11 is 2.95. The second-order valence-corrected chi connectivity index (χ2v) is 3.73. The Morgan fingerprint density at radius 1 is 1.17 bits per heavy atom.